The summed E-state index contributed by atoms with van der Waals surface area (Å²) in [4.78, 5) is 56.4. The van der Waals surface area contributed by atoms with Gasteiger partial charge < -0.3 is 19.9 Å². The number of carbonyl (C=O) groups is 2. The first kappa shape index (κ1) is 27.7. The number of imidazole rings is 1. The van der Waals surface area contributed by atoms with Crippen molar-refractivity contribution in [1.29, 1.82) is 0 Å². The van der Waals surface area contributed by atoms with Gasteiger partial charge in [0.05, 0.1) is 0 Å². The molecule has 0 aliphatic heterocycles. The average molecular weight is 517 g/mol. The lowest BCUT2D eigenvalue weighted by Crippen LogP contribution is -2.33. The molecule has 0 saturated heterocycles. The zero-order valence-electron chi connectivity index (χ0n) is 22.3. The van der Waals surface area contributed by atoms with Crippen molar-refractivity contribution in [3.63, 3.8) is 0 Å². The quantitative estimate of drug-likeness (QED) is 0.349. The number of ether oxygens (including phenoxy) is 1. The van der Waals surface area contributed by atoms with Gasteiger partial charge in [-0.2, -0.15) is 5.10 Å². The van der Waals surface area contributed by atoms with Gasteiger partial charge in [0.1, 0.15) is 11.3 Å². The first-order valence-electron chi connectivity index (χ1n) is 12.5. The summed E-state index contributed by atoms with van der Waals surface area (Å²) < 4.78 is 9.99. The van der Waals surface area contributed by atoms with Crippen LogP contribution < -0.4 is 21.9 Å². The minimum Gasteiger partial charge on any atom is -0.444 e. The maximum Gasteiger partial charge on any atom is 0.407 e. The standard InChI is InChI=1S/C24H36N8O5/c1-7-12-31-18-20(32(13-8-2)22(35)28-21(18)34)27-19(31)15-14-16(29-30(15)6)26-17(33)10-9-11-25-23(36)37-24(3,4)5/h14H,7-13H2,1-6H3,(H,25,36)(H,26,29,33)(H,28,34,35). The second-order valence-corrected chi connectivity index (χ2v) is 9.79. The number of carbonyl (C=O) groups excluding carboxylic acids is 2. The summed E-state index contributed by atoms with van der Waals surface area (Å²) in [7, 11) is 1.72. The summed E-state index contributed by atoms with van der Waals surface area (Å²) in [5, 5.41) is 9.76. The van der Waals surface area contributed by atoms with E-state index in [1.54, 1.807) is 43.1 Å². The molecule has 13 heteroatoms. The van der Waals surface area contributed by atoms with Gasteiger partial charge in [-0.05, 0) is 40.0 Å². The number of nitrogens with one attached hydrogen (secondary N) is 3. The van der Waals surface area contributed by atoms with E-state index in [1.165, 1.54) is 4.57 Å². The lowest BCUT2D eigenvalue weighted by Gasteiger charge is -2.19. The molecule has 3 N–H and O–H groups in total. The number of hydrogen-bond acceptors (Lipinski definition) is 7. The molecule has 13 nitrogen and oxygen atoms in total. The fourth-order valence-electron chi connectivity index (χ4n) is 3.94. The lowest BCUT2D eigenvalue weighted by molar-refractivity contribution is -0.116. The molecule has 3 aromatic rings. The summed E-state index contributed by atoms with van der Waals surface area (Å²) in [5.41, 5.74) is -0.336. The molecule has 0 atom stereocenters. The Hall–Kier alpha value is -3.90. The molecule has 0 aliphatic rings. The Bertz CT molecular complexity index is 1390. The number of fused-ring (bicyclic) bond motifs is 1. The molecule has 37 heavy (non-hydrogen) atoms. The summed E-state index contributed by atoms with van der Waals surface area (Å²) >= 11 is 0. The predicted molar refractivity (Wildman–Crippen MR) is 139 cm³/mol. The fraction of sp³-hybridized carbons (Fsp3) is 0.583. The topological polar surface area (TPSA) is 158 Å². The van der Waals surface area contributed by atoms with E-state index in [1.807, 2.05) is 13.8 Å². The highest BCUT2D eigenvalue weighted by atomic mass is 16.6. The average Bonchev–Trinajstić information content (AvgIpc) is 3.33. The lowest BCUT2D eigenvalue weighted by atomic mass is 10.2. The van der Waals surface area contributed by atoms with Crippen molar-refractivity contribution in [3.8, 4) is 11.5 Å². The molecule has 0 bridgehead atoms. The van der Waals surface area contributed by atoms with Gasteiger partial charge in [0.25, 0.3) is 5.56 Å². The number of anilines is 1. The summed E-state index contributed by atoms with van der Waals surface area (Å²) in [6, 6.07) is 1.68. The van der Waals surface area contributed by atoms with E-state index in [-0.39, 0.29) is 12.3 Å². The number of aryl methyl sites for hydroxylation is 3. The number of rotatable bonds is 10. The van der Waals surface area contributed by atoms with Crippen LogP contribution in [-0.4, -0.2) is 53.0 Å². The molecule has 0 unspecified atom stereocenters. The van der Waals surface area contributed by atoms with E-state index < -0.39 is 22.9 Å². The van der Waals surface area contributed by atoms with Gasteiger partial charge in [-0.3, -0.25) is 23.8 Å². The Balaban J connectivity index is 1.79. The number of hydrogen-bond donors (Lipinski definition) is 3. The number of H-pyrrole nitrogens is 1. The van der Waals surface area contributed by atoms with Crippen LogP contribution in [0.5, 0.6) is 0 Å². The monoisotopic (exact) mass is 516 g/mol. The van der Waals surface area contributed by atoms with E-state index in [0.29, 0.717) is 61.0 Å². The highest BCUT2D eigenvalue weighted by Gasteiger charge is 2.22. The highest BCUT2D eigenvalue weighted by Crippen LogP contribution is 2.25. The van der Waals surface area contributed by atoms with E-state index in [0.717, 1.165) is 6.42 Å². The molecular formula is C24H36N8O5. The molecular weight excluding hydrogens is 480 g/mol. The Morgan fingerprint density at radius 1 is 1.11 bits per heavy atom. The van der Waals surface area contributed by atoms with Crippen LogP contribution in [-0.2, 0) is 29.7 Å². The maximum absolute atomic E-state index is 12.7. The van der Waals surface area contributed by atoms with Crippen molar-refractivity contribution in [1.82, 2.24) is 34.2 Å². The van der Waals surface area contributed by atoms with E-state index in [2.05, 4.69) is 25.7 Å². The Morgan fingerprint density at radius 3 is 2.43 bits per heavy atom. The van der Waals surface area contributed by atoms with Crippen LogP contribution in [0.2, 0.25) is 0 Å². The molecule has 3 heterocycles. The van der Waals surface area contributed by atoms with Crippen molar-refractivity contribution in [2.75, 3.05) is 11.9 Å². The molecule has 202 valence electrons. The number of aromatic nitrogens is 6. The van der Waals surface area contributed by atoms with Gasteiger partial charge in [-0.25, -0.2) is 14.6 Å². The van der Waals surface area contributed by atoms with Gasteiger partial charge in [0.15, 0.2) is 22.8 Å². The molecule has 3 rings (SSSR count). The molecule has 0 spiro atoms. The minimum atomic E-state index is -0.586. The SMILES string of the molecule is CCCn1c(-c2cc(NC(=O)CCCNC(=O)OC(C)(C)C)nn2C)nc2c1c(=O)[nH]c(=O)n2CCC. The van der Waals surface area contributed by atoms with Crippen LogP contribution >= 0.6 is 0 Å². The number of aromatic amines is 1. The predicted octanol–water partition coefficient (Wildman–Crippen LogP) is 2.35. The molecule has 3 aromatic heterocycles. The van der Waals surface area contributed by atoms with Crippen LogP contribution in [0.25, 0.3) is 22.7 Å². The van der Waals surface area contributed by atoms with E-state index >= 15 is 0 Å². The maximum atomic E-state index is 12.7. The van der Waals surface area contributed by atoms with Gasteiger partial charge in [-0.15, -0.1) is 0 Å². The second kappa shape index (κ2) is 11.4. The van der Waals surface area contributed by atoms with Crippen LogP contribution in [0.3, 0.4) is 0 Å². The molecule has 0 radical (unpaired) electrons. The third-order valence-corrected chi connectivity index (χ3v) is 5.41. The van der Waals surface area contributed by atoms with E-state index in [9.17, 15) is 19.2 Å². The Labute approximate surface area is 214 Å². The highest BCUT2D eigenvalue weighted by molar-refractivity contribution is 5.90. The zero-order valence-corrected chi connectivity index (χ0v) is 22.3. The van der Waals surface area contributed by atoms with Crippen molar-refractivity contribution in [2.45, 2.75) is 79.0 Å². The van der Waals surface area contributed by atoms with Crippen molar-refractivity contribution in [2.24, 2.45) is 7.05 Å². The molecule has 0 aromatic carbocycles. The fourth-order valence-corrected chi connectivity index (χ4v) is 3.94. The van der Waals surface area contributed by atoms with Gasteiger partial charge >= 0.3 is 11.8 Å². The smallest absolute Gasteiger partial charge is 0.407 e. The summed E-state index contributed by atoms with van der Waals surface area (Å²) in [5.74, 6) is 0.554. The van der Waals surface area contributed by atoms with Crippen LogP contribution in [0.15, 0.2) is 15.7 Å². The third-order valence-electron chi connectivity index (χ3n) is 5.41. The molecule has 2 amide bonds. The van der Waals surface area contributed by atoms with Gasteiger partial charge in [0.2, 0.25) is 5.91 Å². The Kier molecular flexibility index (Phi) is 8.56. The van der Waals surface area contributed by atoms with Gasteiger partial charge in [-0.1, -0.05) is 13.8 Å². The number of amides is 2. The van der Waals surface area contributed by atoms with Crippen LogP contribution in [0.1, 0.15) is 60.3 Å². The largest absolute Gasteiger partial charge is 0.444 e. The van der Waals surface area contributed by atoms with Gasteiger partial charge in [0, 0.05) is 39.2 Å². The molecule has 0 fully saturated rings. The van der Waals surface area contributed by atoms with Crippen LogP contribution in [0.4, 0.5) is 10.6 Å². The first-order chi connectivity index (χ1) is 17.4. The Morgan fingerprint density at radius 2 is 1.78 bits per heavy atom. The molecule has 0 saturated carbocycles. The number of nitrogens with zero attached hydrogens (tertiary/aromatic N) is 5. The van der Waals surface area contributed by atoms with Crippen LogP contribution in [0, 0.1) is 0 Å². The van der Waals surface area contributed by atoms with E-state index in [4.69, 9.17) is 4.74 Å². The van der Waals surface area contributed by atoms with Crippen molar-refractivity contribution < 1.29 is 14.3 Å². The first-order valence-corrected chi connectivity index (χ1v) is 12.5. The summed E-state index contributed by atoms with van der Waals surface area (Å²) in [6.45, 7) is 10.5. The normalized spacial score (nSPS) is 11.6. The number of alkyl carbamates (subject to hydrolysis) is 1. The van der Waals surface area contributed by atoms with Crippen molar-refractivity contribution >= 4 is 29.0 Å². The summed E-state index contributed by atoms with van der Waals surface area (Å²) in [6.07, 6.45) is 1.51. The third kappa shape index (κ3) is 6.66. The zero-order chi connectivity index (χ0) is 27.3. The molecule has 0 aliphatic carbocycles. The minimum absolute atomic E-state index is 0.175. The van der Waals surface area contributed by atoms with Crippen molar-refractivity contribution in [3.05, 3.63) is 26.9 Å². The second-order valence-electron chi connectivity index (χ2n) is 9.79.